The number of aliphatic imine (C=N–C) groups is 1. The normalized spacial score (nSPS) is 13.5. The molecule has 0 amide bonds. The highest BCUT2D eigenvalue weighted by molar-refractivity contribution is 7.78. The molecule has 116 valence electrons. The Morgan fingerprint density at radius 3 is 2.40 bits per heavy atom. The van der Waals surface area contributed by atoms with E-state index in [2.05, 4.69) is 34.6 Å². The summed E-state index contributed by atoms with van der Waals surface area (Å²) in [4.78, 5) is 14.7. The molecule has 2 unspecified atom stereocenters. The van der Waals surface area contributed by atoms with Gasteiger partial charge in [0.1, 0.15) is 6.04 Å². The molecule has 0 aliphatic heterocycles. The largest absolute Gasteiger partial charge is 0.480 e. The number of carboxylic acid groups (broad SMARTS) is 1. The Hall–Kier alpha value is -0.770. The van der Waals surface area contributed by atoms with Crippen LogP contribution in [-0.2, 0) is 4.79 Å². The van der Waals surface area contributed by atoms with E-state index in [4.69, 9.17) is 5.11 Å². The molecular formula is C15H28N2O2S. The molecule has 20 heavy (non-hydrogen) atoms. The maximum Gasteiger partial charge on any atom is 0.322 e. The molecule has 0 heterocycles. The monoisotopic (exact) mass is 300 g/mol. The van der Waals surface area contributed by atoms with Gasteiger partial charge in [-0.25, -0.2) is 4.99 Å². The van der Waals surface area contributed by atoms with Crippen molar-refractivity contribution in [2.24, 2.45) is 4.99 Å². The Balaban J connectivity index is 3.71. The molecular weight excluding hydrogens is 272 g/mol. The number of nitrogens with one attached hydrogen (secondary N) is 1. The van der Waals surface area contributed by atoms with Crippen LogP contribution in [-0.4, -0.2) is 34.9 Å². The predicted octanol–water partition coefficient (Wildman–Crippen LogP) is 3.66. The number of unbranched alkanes of at least 4 members (excludes halogenated alkanes) is 6. The molecule has 0 rings (SSSR count). The summed E-state index contributed by atoms with van der Waals surface area (Å²) in [5.74, 6) is -0.884. The third-order valence-electron chi connectivity index (χ3n) is 3.36. The first-order chi connectivity index (χ1) is 9.61. The lowest BCUT2D eigenvalue weighted by Gasteiger charge is -2.18. The van der Waals surface area contributed by atoms with Gasteiger partial charge >= 0.3 is 5.97 Å². The highest BCUT2D eigenvalue weighted by atomic mass is 32.1. The minimum atomic E-state index is -0.884. The van der Waals surface area contributed by atoms with Crippen LogP contribution in [0.5, 0.6) is 0 Å². The van der Waals surface area contributed by atoms with Crippen molar-refractivity contribution in [3.63, 3.8) is 0 Å². The van der Waals surface area contributed by atoms with Gasteiger partial charge in [0, 0.05) is 6.04 Å². The van der Waals surface area contributed by atoms with Crippen LogP contribution in [0.2, 0.25) is 0 Å². The number of isothiocyanates is 1. The molecule has 0 saturated heterocycles. The van der Waals surface area contributed by atoms with Gasteiger partial charge in [-0.1, -0.05) is 51.9 Å². The van der Waals surface area contributed by atoms with E-state index in [1.54, 1.807) is 0 Å². The molecule has 0 radical (unpaired) electrons. The number of carbonyl (C=O) groups is 1. The second kappa shape index (κ2) is 13.2. The van der Waals surface area contributed by atoms with Crippen molar-refractivity contribution in [3.8, 4) is 0 Å². The molecule has 5 heteroatoms. The average molecular weight is 300 g/mol. The highest BCUT2D eigenvalue weighted by Crippen LogP contribution is 2.10. The van der Waals surface area contributed by atoms with Gasteiger partial charge in [-0.2, -0.15) is 0 Å². The van der Waals surface area contributed by atoms with Crippen molar-refractivity contribution >= 4 is 23.3 Å². The van der Waals surface area contributed by atoms with Gasteiger partial charge in [0.2, 0.25) is 0 Å². The third-order valence-corrected chi connectivity index (χ3v) is 3.49. The van der Waals surface area contributed by atoms with Crippen molar-refractivity contribution in [3.05, 3.63) is 0 Å². The number of carboxylic acids is 1. The zero-order valence-electron chi connectivity index (χ0n) is 12.7. The molecule has 0 bridgehead atoms. The Bertz CT molecular complexity index is 304. The summed E-state index contributed by atoms with van der Waals surface area (Å²) in [5, 5.41) is 14.3. The van der Waals surface area contributed by atoms with Gasteiger partial charge in [0.25, 0.3) is 0 Å². The first-order valence-corrected chi connectivity index (χ1v) is 8.05. The van der Waals surface area contributed by atoms with E-state index in [0.29, 0.717) is 0 Å². The van der Waals surface area contributed by atoms with E-state index in [9.17, 15) is 4.79 Å². The van der Waals surface area contributed by atoms with Crippen LogP contribution >= 0.6 is 12.2 Å². The molecule has 0 aromatic heterocycles. The Kier molecular flexibility index (Phi) is 12.7. The minimum Gasteiger partial charge on any atom is -0.480 e. The fourth-order valence-electron chi connectivity index (χ4n) is 2.17. The fourth-order valence-corrected chi connectivity index (χ4v) is 2.24. The van der Waals surface area contributed by atoms with Gasteiger partial charge in [0.05, 0.1) is 11.7 Å². The summed E-state index contributed by atoms with van der Waals surface area (Å²) in [6.07, 6.45) is 9.91. The second-order valence-corrected chi connectivity index (χ2v) is 5.48. The average Bonchev–Trinajstić information content (AvgIpc) is 2.42. The molecule has 0 aromatic rings. The Labute approximate surface area is 128 Å². The van der Waals surface area contributed by atoms with Crippen LogP contribution in [0.15, 0.2) is 4.99 Å². The van der Waals surface area contributed by atoms with E-state index >= 15 is 0 Å². The molecule has 0 aliphatic carbocycles. The fraction of sp³-hybridized carbons (Fsp3) is 0.867. The number of thiocarbonyl (C=S) groups is 1. The molecule has 0 spiro atoms. The second-order valence-electron chi connectivity index (χ2n) is 5.30. The Morgan fingerprint density at radius 2 is 1.85 bits per heavy atom. The number of hydrogen-bond donors (Lipinski definition) is 2. The lowest BCUT2D eigenvalue weighted by molar-refractivity contribution is -0.139. The third kappa shape index (κ3) is 11.1. The van der Waals surface area contributed by atoms with Crippen molar-refractivity contribution in [2.75, 3.05) is 6.54 Å². The molecule has 2 atom stereocenters. The summed E-state index contributed by atoms with van der Waals surface area (Å²) >= 11 is 4.46. The van der Waals surface area contributed by atoms with Crippen molar-refractivity contribution < 1.29 is 9.90 Å². The first-order valence-electron chi connectivity index (χ1n) is 7.64. The number of aliphatic carboxylic acids is 1. The quantitative estimate of drug-likeness (QED) is 0.309. The van der Waals surface area contributed by atoms with Crippen molar-refractivity contribution in [2.45, 2.75) is 77.3 Å². The minimum absolute atomic E-state index is 0.153. The SMILES string of the molecule is CCCCCCCCCC(C)NC(CN=C=S)C(=O)O. The van der Waals surface area contributed by atoms with Gasteiger partial charge in [-0.05, 0) is 25.6 Å². The molecule has 0 fully saturated rings. The number of nitrogens with zero attached hydrogens (tertiary/aromatic N) is 1. The summed E-state index contributed by atoms with van der Waals surface area (Å²) < 4.78 is 0. The number of rotatable bonds is 13. The van der Waals surface area contributed by atoms with Gasteiger partial charge in [-0.15, -0.1) is 0 Å². The van der Waals surface area contributed by atoms with Crippen LogP contribution in [0, 0.1) is 0 Å². The molecule has 4 nitrogen and oxygen atoms in total. The zero-order chi connectivity index (χ0) is 15.2. The standard InChI is InChI=1S/C15H28N2O2S/c1-3-4-5-6-7-8-9-10-13(2)17-14(15(18)19)11-16-12-20/h13-14,17H,3-11H2,1-2H3,(H,18,19). The first kappa shape index (κ1) is 19.2. The van der Waals surface area contributed by atoms with Crippen molar-refractivity contribution in [1.29, 1.82) is 0 Å². The molecule has 0 aromatic carbocycles. The van der Waals surface area contributed by atoms with Crippen LogP contribution in [0.4, 0.5) is 0 Å². The van der Waals surface area contributed by atoms with Crippen LogP contribution in [0.25, 0.3) is 0 Å². The maximum absolute atomic E-state index is 11.0. The van der Waals surface area contributed by atoms with Gasteiger partial charge in [0.15, 0.2) is 0 Å². The highest BCUT2D eigenvalue weighted by Gasteiger charge is 2.18. The van der Waals surface area contributed by atoms with Gasteiger partial charge < -0.3 is 10.4 Å². The molecule has 2 N–H and O–H groups in total. The summed E-state index contributed by atoms with van der Waals surface area (Å²) in [7, 11) is 0. The summed E-state index contributed by atoms with van der Waals surface area (Å²) in [6, 6.07) is -0.475. The predicted molar refractivity (Wildman–Crippen MR) is 86.5 cm³/mol. The zero-order valence-corrected chi connectivity index (χ0v) is 13.5. The van der Waals surface area contributed by atoms with Crippen LogP contribution < -0.4 is 5.32 Å². The van der Waals surface area contributed by atoms with E-state index in [1.165, 1.54) is 38.5 Å². The van der Waals surface area contributed by atoms with E-state index in [1.807, 2.05) is 6.92 Å². The van der Waals surface area contributed by atoms with E-state index in [-0.39, 0.29) is 12.6 Å². The maximum atomic E-state index is 11.0. The van der Waals surface area contributed by atoms with Gasteiger partial charge in [-0.3, -0.25) is 4.79 Å². The van der Waals surface area contributed by atoms with Crippen molar-refractivity contribution in [1.82, 2.24) is 5.32 Å². The lowest BCUT2D eigenvalue weighted by atomic mass is 10.1. The lowest BCUT2D eigenvalue weighted by Crippen LogP contribution is -2.44. The van der Waals surface area contributed by atoms with Crippen LogP contribution in [0.1, 0.15) is 65.2 Å². The number of hydrogen-bond acceptors (Lipinski definition) is 4. The summed E-state index contributed by atoms with van der Waals surface area (Å²) in [6.45, 7) is 4.40. The van der Waals surface area contributed by atoms with E-state index in [0.717, 1.165) is 12.8 Å². The summed E-state index contributed by atoms with van der Waals surface area (Å²) in [5.41, 5.74) is 0. The molecule has 0 saturated carbocycles. The molecule has 0 aliphatic rings. The Morgan fingerprint density at radius 1 is 1.25 bits per heavy atom. The van der Waals surface area contributed by atoms with Crippen LogP contribution in [0.3, 0.4) is 0 Å². The van der Waals surface area contributed by atoms with E-state index < -0.39 is 12.0 Å². The topological polar surface area (TPSA) is 61.7 Å². The smallest absolute Gasteiger partial charge is 0.322 e.